The van der Waals surface area contributed by atoms with Crippen LogP contribution in [0.2, 0.25) is 0 Å². The van der Waals surface area contributed by atoms with E-state index in [1.54, 1.807) is 23.9 Å². The van der Waals surface area contributed by atoms with Gasteiger partial charge in [0, 0.05) is 17.5 Å². The number of sulfonamides is 1. The van der Waals surface area contributed by atoms with E-state index in [1.165, 1.54) is 6.07 Å². The van der Waals surface area contributed by atoms with Gasteiger partial charge in [-0.05, 0) is 30.9 Å². The maximum absolute atomic E-state index is 11.2. The van der Waals surface area contributed by atoms with Crippen molar-refractivity contribution in [1.82, 2.24) is 0 Å². The summed E-state index contributed by atoms with van der Waals surface area (Å²) in [6.45, 7) is 2.09. The van der Waals surface area contributed by atoms with E-state index in [9.17, 15) is 8.42 Å². The number of thioether (sulfide) groups is 1. The molecule has 0 radical (unpaired) electrons. The molecule has 1 aromatic rings. The Morgan fingerprint density at radius 3 is 2.56 bits per heavy atom. The Morgan fingerprint density at radius 2 is 2.11 bits per heavy atom. The number of nitrogens with two attached hydrogens (primary N) is 2. The molecule has 1 atom stereocenters. The Bertz CT molecular complexity index is 503. The highest BCUT2D eigenvalue weighted by atomic mass is 32.2. The summed E-state index contributed by atoms with van der Waals surface area (Å²) >= 11 is 1.76. The topological polar surface area (TPSA) is 98.2 Å². The van der Waals surface area contributed by atoms with E-state index in [4.69, 9.17) is 10.9 Å². The molecule has 18 heavy (non-hydrogen) atoms. The van der Waals surface area contributed by atoms with Gasteiger partial charge >= 0.3 is 0 Å². The first-order chi connectivity index (χ1) is 8.38. The van der Waals surface area contributed by atoms with Crippen molar-refractivity contribution in [2.45, 2.75) is 24.3 Å². The number of hydrogen-bond donors (Lipinski definition) is 3. The molecule has 5 N–H and O–H groups in total. The summed E-state index contributed by atoms with van der Waals surface area (Å²) < 4.78 is 22.4. The maximum Gasteiger partial charge on any atom is 0.240 e. The Hall–Kier alpha value is -0.920. The Balaban J connectivity index is 2.91. The lowest BCUT2D eigenvalue weighted by Gasteiger charge is -2.17. The number of nitrogen functional groups attached to an aromatic ring is 1. The molecule has 0 saturated heterocycles. The molecule has 0 bridgehead atoms. The molecule has 0 aliphatic rings. The van der Waals surface area contributed by atoms with Crippen molar-refractivity contribution in [3.05, 3.63) is 18.2 Å². The van der Waals surface area contributed by atoms with E-state index in [0.29, 0.717) is 6.04 Å². The van der Waals surface area contributed by atoms with E-state index in [-0.39, 0.29) is 10.6 Å². The predicted molar refractivity (Wildman–Crippen MR) is 78.3 cm³/mol. The van der Waals surface area contributed by atoms with Crippen LogP contribution in [0.25, 0.3) is 0 Å². The molecule has 0 aromatic heterocycles. The highest BCUT2D eigenvalue weighted by Crippen LogP contribution is 2.22. The first-order valence-corrected chi connectivity index (χ1v) is 8.50. The van der Waals surface area contributed by atoms with Gasteiger partial charge in [0.05, 0.1) is 5.69 Å². The van der Waals surface area contributed by atoms with Gasteiger partial charge in [-0.25, -0.2) is 13.6 Å². The Kier molecular flexibility index (Phi) is 5.30. The smallest absolute Gasteiger partial charge is 0.240 e. The first-order valence-electron chi connectivity index (χ1n) is 5.56. The van der Waals surface area contributed by atoms with Crippen LogP contribution in [-0.4, -0.2) is 26.5 Å². The SMILES string of the molecule is CCC(CSC)Nc1ccc(S(N)(=O)=O)c(N)c1. The average Bonchev–Trinajstić information content (AvgIpc) is 2.26. The number of rotatable bonds is 6. The highest BCUT2D eigenvalue weighted by molar-refractivity contribution is 7.98. The molecule has 5 nitrogen and oxygen atoms in total. The van der Waals surface area contributed by atoms with Crippen molar-refractivity contribution in [3.8, 4) is 0 Å². The monoisotopic (exact) mass is 289 g/mol. The van der Waals surface area contributed by atoms with Gasteiger partial charge in [-0.3, -0.25) is 0 Å². The molecule has 1 aromatic carbocycles. The molecule has 0 amide bonds. The van der Waals surface area contributed by atoms with Gasteiger partial charge in [-0.15, -0.1) is 0 Å². The van der Waals surface area contributed by atoms with Crippen molar-refractivity contribution >= 4 is 33.2 Å². The molecule has 0 aliphatic heterocycles. The van der Waals surface area contributed by atoms with E-state index in [1.807, 2.05) is 6.26 Å². The Morgan fingerprint density at radius 1 is 1.44 bits per heavy atom. The maximum atomic E-state index is 11.2. The lowest BCUT2D eigenvalue weighted by molar-refractivity contribution is 0.598. The van der Waals surface area contributed by atoms with Crippen LogP contribution in [0.1, 0.15) is 13.3 Å². The van der Waals surface area contributed by atoms with Gasteiger partial charge in [-0.1, -0.05) is 6.92 Å². The zero-order valence-corrected chi connectivity index (χ0v) is 12.1. The molecule has 1 rings (SSSR count). The van der Waals surface area contributed by atoms with Crippen LogP contribution < -0.4 is 16.2 Å². The van der Waals surface area contributed by atoms with E-state index >= 15 is 0 Å². The lowest BCUT2D eigenvalue weighted by Crippen LogP contribution is -2.21. The third-order valence-electron chi connectivity index (χ3n) is 2.55. The van der Waals surface area contributed by atoms with Gasteiger partial charge in [0.1, 0.15) is 4.90 Å². The van der Waals surface area contributed by atoms with Gasteiger partial charge in [-0.2, -0.15) is 11.8 Å². The number of benzene rings is 1. The fourth-order valence-electron chi connectivity index (χ4n) is 1.60. The number of primary sulfonamides is 1. The number of nitrogens with one attached hydrogen (secondary N) is 1. The number of hydrogen-bond acceptors (Lipinski definition) is 5. The van der Waals surface area contributed by atoms with Gasteiger partial charge in [0.2, 0.25) is 10.0 Å². The zero-order chi connectivity index (χ0) is 13.8. The van der Waals surface area contributed by atoms with Crippen LogP contribution in [0, 0.1) is 0 Å². The minimum atomic E-state index is -3.75. The van der Waals surface area contributed by atoms with E-state index in [0.717, 1.165) is 17.9 Å². The van der Waals surface area contributed by atoms with Crippen LogP contribution >= 0.6 is 11.8 Å². The fraction of sp³-hybridized carbons (Fsp3) is 0.455. The third kappa shape index (κ3) is 4.08. The quantitative estimate of drug-likeness (QED) is 0.689. The summed E-state index contributed by atoms with van der Waals surface area (Å²) in [4.78, 5) is -0.0361. The van der Waals surface area contributed by atoms with E-state index < -0.39 is 10.0 Å². The largest absolute Gasteiger partial charge is 0.398 e. The van der Waals surface area contributed by atoms with Crippen molar-refractivity contribution in [2.24, 2.45) is 5.14 Å². The molecule has 0 aliphatic carbocycles. The van der Waals surface area contributed by atoms with Crippen LogP contribution in [0.4, 0.5) is 11.4 Å². The Labute approximate surface area is 112 Å². The normalized spacial score (nSPS) is 13.3. The summed E-state index contributed by atoms with van der Waals surface area (Å²) in [5.74, 6) is 0.980. The first kappa shape index (κ1) is 15.1. The molecule has 0 spiro atoms. The van der Waals surface area contributed by atoms with Gasteiger partial charge in [0.15, 0.2) is 0 Å². The molecular formula is C11H19N3O2S2. The van der Waals surface area contributed by atoms with Crippen molar-refractivity contribution in [2.75, 3.05) is 23.1 Å². The van der Waals surface area contributed by atoms with Crippen molar-refractivity contribution in [3.63, 3.8) is 0 Å². The molecular weight excluding hydrogens is 270 g/mol. The van der Waals surface area contributed by atoms with Crippen LogP contribution in [0.15, 0.2) is 23.1 Å². The van der Waals surface area contributed by atoms with Crippen molar-refractivity contribution in [1.29, 1.82) is 0 Å². The molecule has 0 saturated carbocycles. The number of anilines is 2. The van der Waals surface area contributed by atoms with Crippen LogP contribution in [0.5, 0.6) is 0 Å². The molecule has 7 heteroatoms. The predicted octanol–water partition coefficient (Wildman–Crippen LogP) is 1.47. The van der Waals surface area contributed by atoms with Crippen molar-refractivity contribution < 1.29 is 8.42 Å². The molecule has 0 fully saturated rings. The summed E-state index contributed by atoms with van der Waals surface area (Å²) in [6.07, 6.45) is 3.03. The minimum Gasteiger partial charge on any atom is -0.398 e. The fourth-order valence-corrected chi connectivity index (χ4v) is 2.96. The molecule has 1 unspecified atom stereocenters. The van der Waals surface area contributed by atoms with Crippen LogP contribution in [0.3, 0.4) is 0 Å². The minimum absolute atomic E-state index is 0.0361. The zero-order valence-electron chi connectivity index (χ0n) is 10.5. The second-order valence-electron chi connectivity index (χ2n) is 4.00. The standard InChI is InChI=1S/C11H19N3O2S2/c1-3-8(7-17-2)14-9-4-5-11(10(12)6-9)18(13,15)16/h4-6,8,14H,3,7,12H2,1-2H3,(H2,13,15,16). The summed E-state index contributed by atoms with van der Waals surface area (Å²) in [5.41, 5.74) is 6.67. The average molecular weight is 289 g/mol. The molecule has 0 heterocycles. The van der Waals surface area contributed by atoms with Crippen LogP contribution in [-0.2, 0) is 10.0 Å². The highest BCUT2D eigenvalue weighted by Gasteiger charge is 2.13. The second-order valence-corrected chi connectivity index (χ2v) is 6.44. The lowest BCUT2D eigenvalue weighted by atomic mass is 10.2. The van der Waals surface area contributed by atoms with E-state index in [2.05, 4.69) is 12.2 Å². The third-order valence-corrected chi connectivity index (χ3v) is 4.27. The van der Waals surface area contributed by atoms with Gasteiger partial charge < -0.3 is 11.1 Å². The summed E-state index contributed by atoms with van der Waals surface area (Å²) in [6, 6.07) is 5.04. The second kappa shape index (κ2) is 6.31. The molecule has 102 valence electrons. The summed E-state index contributed by atoms with van der Waals surface area (Å²) in [5, 5.41) is 8.36. The van der Waals surface area contributed by atoms with Gasteiger partial charge in [0.25, 0.3) is 0 Å². The summed E-state index contributed by atoms with van der Waals surface area (Å²) in [7, 11) is -3.75.